The second-order valence-corrected chi connectivity index (χ2v) is 9.25. The van der Waals surface area contributed by atoms with E-state index in [2.05, 4.69) is 9.97 Å². The van der Waals surface area contributed by atoms with Crippen molar-refractivity contribution in [1.29, 1.82) is 0 Å². The van der Waals surface area contributed by atoms with Gasteiger partial charge < -0.3 is 14.5 Å². The molecule has 2 amide bonds. The van der Waals surface area contributed by atoms with Crippen molar-refractivity contribution in [3.05, 3.63) is 82.9 Å². The van der Waals surface area contributed by atoms with Gasteiger partial charge in [-0.3, -0.25) is 9.59 Å². The number of esters is 1. The minimum atomic E-state index is -0.687. The summed E-state index contributed by atoms with van der Waals surface area (Å²) in [6.07, 6.45) is 0. The number of carbonyl (C=O) groups excluding carboxylic acids is 3. The van der Waals surface area contributed by atoms with Crippen LogP contribution in [-0.2, 0) is 4.74 Å². The maximum Gasteiger partial charge on any atom is 0.342 e. The number of halogens is 1. The van der Waals surface area contributed by atoms with E-state index in [1.54, 1.807) is 22.8 Å². The third kappa shape index (κ3) is 5.21. The summed E-state index contributed by atoms with van der Waals surface area (Å²) in [4.78, 5) is 51.9. The molecule has 1 aliphatic rings. The lowest BCUT2D eigenvalue weighted by Crippen LogP contribution is -2.55. The zero-order valence-electron chi connectivity index (χ0n) is 21.3. The third-order valence-electron chi connectivity index (χ3n) is 6.39. The van der Waals surface area contributed by atoms with Gasteiger partial charge in [0.2, 0.25) is 0 Å². The zero-order valence-corrected chi connectivity index (χ0v) is 21.3. The van der Waals surface area contributed by atoms with Crippen molar-refractivity contribution in [3.8, 4) is 11.4 Å². The average Bonchev–Trinajstić information content (AvgIpc) is 2.91. The van der Waals surface area contributed by atoms with E-state index in [9.17, 15) is 18.8 Å². The van der Waals surface area contributed by atoms with Gasteiger partial charge in [-0.15, -0.1) is 0 Å². The molecule has 0 N–H and O–H groups in total. The van der Waals surface area contributed by atoms with E-state index in [0.717, 1.165) is 0 Å². The molecule has 37 heavy (non-hydrogen) atoms. The molecule has 9 heteroatoms. The van der Waals surface area contributed by atoms with Crippen LogP contribution in [0.15, 0.2) is 54.6 Å². The van der Waals surface area contributed by atoms with Crippen LogP contribution in [0.25, 0.3) is 11.4 Å². The smallest absolute Gasteiger partial charge is 0.342 e. The molecule has 1 aromatic heterocycles. The molecule has 4 rings (SSSR count). The van der Waals surface area contributed by atoms with Gasteiger partial charge in [0.1, 0.15) is 17.1 Å². The Labute approximate surface area is 215 Å². The number of hydrogen-bond acceptors (Lipinski definition) is 6. The van der Waals surface area contributed by atoms with Gasteiger partial charge >= 0.3 is 5.97 Å². The summed E-state index contributed by atoms with van der Waals surface area (Å²) >= 11 is 0. The van der Waals surface area contributed by atoms with Crippen LogP contribution in [0.1, 0.15) is 63.6 Å². The molecule has 1 aliphatic heterocycles. The first kappa shape index (κ1) is 25.9. The summed E-state index contributed by atoms with van der Waals surface area (Å²) in [5, 5.41) is 0. The molecular formula is C28H29FN4O4. The zero-order chi connectivity index (χ0) is 26.7. The van der Waals surface area contributed by atoms with Crippen LogP contribution in [0.5, 0.6) is 0 Å². The highest BCUT2D eigenvalue weighted by molar-refractivity contribution is 6.05. The first-order valence-electron chi connectivity index (χ1n) is 12.1. The first-order valence-corrected chi connectivity index (χ1v) is 12.1. The number of piperazine rings is 1. The van der Waals surface area contributed by atoms with E-state index in [-0.39, 0.29) is 48.4 Å². The first-order chi connectivity index (χ1) is 17.7. The van der Waals surface area contributed by atoms with Crippen LogP contribution in [0.2, 0.25) is 0 Å². The van der Waals surface area contributed by atoms with Gasteiger partial charge in [-0.25, -0.2) is 19.2 Å². The lowest BCUT2D eigenvalue weighted by molar-refractivity contribution is 0.0405. The Bertz CT molecular complexity index is 1330. The van der Waals surface area contributed by atoms with Crippen LogP contribution in [0, 0.1) is 5.82 Å². The van der Waals surface area contributed by atoms with Crippen molar-refractivity contribution in [2.24, 2.45) is 0 Å². The van der Waals surface area contributed by atoms with Crippen molar-refractivity contribution in [1.82, 2.24) is 19.8 Å². The van der Waals surface area contributed by atoms with E-state index < -0.39 is 23.6 Å². The number of ether oxygens (including phenoxy) is 1. The second-order valence-electron chi connectivity index (χ2n) is 9.25. The Balaban J connectivity index is 1.68. The number of benzene rings is 2. The molecule has 3 aromatic rings. The van der Waals surface area contributed by atoms with E-state index in [1.165, 1.54) is 25.3 Å². The molecular weight excluding hydrogens is 475 g/mol. The summed E-state index contributed by atoms with van der Waals surface area (Å²) in [6.45, 7) is 6.17. The van der Waals surface area contributed by atoms with Crippen molar-refractivity contribution >= 4 is 17.8 Å². The molecule has 0 aliphatic carbocycles. The SMILES string of the molecule is COC(=O)c1c(C(=O)N2CCN(C(=O)c3ccccc3F)C(C)C2)nc(-c2ccccc2)nc1C(C)C. The molecule has 8 nitrogen and oxygen atoms in total. The van der Waals surface area contributed by atoms with E-state index >= 15 is 0 Å². The fourth-order valence-corrected chi connectivity index (χ4v) is 4.45. The molecule has 0 saturated carbocycles. The molecule has 0 bridgehead atoms. The minimum Gasteiger partial charge on any atom is -0.465 e. The second kappa shape index (κ2) is 10.9. The molecule has 2 aromatic carbocycles. The molecule has 2 heterocycles. The van der Waals surface area contributed by atoms with Gasteiger partial charge in [-0.2, -0.15) is 0 Å². The van der Waals surface area contributed by atoms with E-state index in [0.29, 0.717) is 17.1 Å². The topological polar surface area (TPSA) is 92.7 Å². The normalized spacial score (nSPS) is 15.6. The van der Waals surface area contributed by atoms with E-state index in [4.69, 9.17) is 4.74 Å². The number of rotatable bonds is 5. The van der Waals surface area contributed by atoms with Crippen molar-refractivity contribution in [2.75, 3.05) is 26.7 Å². The van der Waals surface area contributed by atoms with Crippen molar-refractivity contribution < 1.29 is 23.5 Å². The highest BCUT2D eigenvalue weighted by atomic mass is 19.1. The van der Waals surface area contributed by atoms with Gasteiger partial charge in [-0.1, -0.05) is 56.3 Å². The number of aromatic nitrogens is 2. The fourth-order valence-electron chi connectivity index (χ4n) is 4.45. The van der Waals surface area contributed by atoms with Crippen molar-refractivity contribution in [2.45, 2.75) is 32.7 Å². The molecule has 1 saturated heterocycles. The predicted molar refractivity (Wildman–Crippen MR) is 136 cm³/mol. The monoisotopic (exact) mass is 504 g/mol. The molecule has 192 valence electrons. The van der Waals surface area contributed by atoms with Gasteiger partial charge in [-0.05, 0) is 25.0 Å². The molecule has 1 fully saturated rings. The lowest BCUT2D eigenvalue weighted by atomic mass is 10.00. The van der Waals surface area contributed by atoms with Gasteiger partial charge in [0.15, 0.2) is 5.82 Å². The number of hydrogen-bond donors (Lipinski definition) is 0. The Morgan fingerprint density at radius 2 is 1.65 bits per heavy atom. The summed E-state index contributed by atoms with van der Waals surface area (Å²) in [6, 6.07) is 14.7. The number of methoxy groups -OCH3 is 1. The van der Waals surface area contributed by atoms with E-state index in [1.807, 2.05) is 44.2 Å². The van der Waals surface area contributed by atoms with Gasteiger partial charge in [0.05, 0.1) is 18.4 Å². The quantitative estimate of drug-likeness (QED) is 0.484. The summed E-state index contributed by atoms with van der Waals surface area (Å²) in [5.74, 6) is -2.00. The standard InChI is InChI=1S/C28H29FN4O4/c1-17(2)23-22(28(36)37-4)24(31-25(30-23)19-10-6-5-7-11-19)27(35)32-14-15-33(18(3)16-32)26(34)20-12-8-9-13-21(20)29/h5-13,17-18H,14-16H2,1-4H3. The maximum atomic E-state index is 14.2. The summed E-state index contributed by atoms with van der Waals surface area (Å²) < 4.78 is 19.2. The molecule has 0 spiro atoms. The number of amides is 2. The Morgan fingerprint density at radius 3 is 2.27 bits per heavy atom. The van der Waals surface area contributed by atoms with Gasteiger partial charge in [0.25, 0.3) is 11.8 Å². The van der Waals surface area contributed by atoms with Crippen molar-refractivity contribution in [3.63, 3.8) is 0 Å². The van der Waals surface area contributed by atoms with Crippen LogP contribution in [-0.4, -0.2) is 70.3 Å². The maximum absolute atomic E-state index is 14.2. The minimum absolute atomic E-state index is 0.00742. The van der Waals surface area contributed by atoms with Crippen LogP contribution in [0.3, 0.4) is 0 Å². The lowest BCUT2D eigenvalue weighted by Gasteiger charge is -2.40. The summed E-state index contributed by atoms with van der Waals surface area (Å²) in [7, 11) is 1.25. The molecule has 0 radical (unpaired) electrons. The Hall–Kier alpha value is -4.14. The predicted octanol–water partition coefficient (Wildman–Crippen LogP) is 4.18. The van der Waals surface area contributed by atoms with Crippen LogP contribution < -0.4 is 0 Å². The van der Waals surface area contributed by atoms with Crippen LogP contribution in [0.4, 0.5) is 4.39 Å². The molecule has 1 unspecified atom stereocenters. The number of nitrogens with zero attached hydrogens (tertiary/aromatic N) is 4. The Kier molecular flexibility index (Phi) is 7.61. The van der Waals surface area contributed by atoms with Gasteiger partial charge in [0, 0.05) is 31.2 Å². The fraction of sp³-hybridized carbons (Fsp3) is 0.321. The third-order valence-corrected chi connectivity index (χ3v) is 6.39. The molecule has 1 atom stereocenters. The largest absolute Gasteiger partial charge is 0.465 e. The Morgan fingerprint density at radius 1 is 0.973 bits per heavy atom. The summed E-state index contributed by atoms with van der Waals surface area (Å²) in [5.41, 5.74) is 1.13. The highest BCUT2D eigenvalue weighted by Crippen LogP contribution is 2.27. The van der Waals surface area contributed by atoms with Crippen LogP contribution >= 0.6 is 0 Å². The number of carbonyl (C=O) groups is 3. The average molecular weight is 505 g/mol. The highest BCUT2D eigenvalue weighted by Gasteiger charge is 2.35.